The highest BCUT2D eigenvalue weighted by molar-refractivity contribution is 6.31. The summed E-state index contributed by atoms with van der Waals surface area (Å²) in [4.78, 5) is 33.1. The van der Waals surface area contributed by atoms with Crippen LogP contribution >= 0.6 is 11.6 Å². The van der Waals surface area contributed by atoms with Gasteiger partial charge in [-0.05, 0) is 35.9 Å². The summed E-state index contributed by atoms with van der Waals surface area (Å²) in [5.41, 5.74) is 3.75. The van der Waals surface area contributed by atoms with Crippen LogP contribution in [0.3, 0.4) is 0 Å². The predicted molar refractivity (Wildman–Crippen MR) is 126 cm³/mol. The molecule has 1 N–H and O–H groups in total. The first kappa shape index (κ1) is 20.2. The molecule has 2 aromatic heterocycles. The van der Waals surface area contributed by atoms with Crippen molar-refractivity contribution >= 4 is 34.1 Å². The van der Waals surface area contributed by atoms with Gasteiger partial charge in [0.15, 0.2) is 0 Å². The van der Waals surface area contributed by atoms with E-state index in [9.17, 15) is 9.59 Å². The van der Waals surface area contributed by atoms with Gasteiger partial charge in [0.2, 0.25) is 5.91 Å². The molecule has 1 aliphatic rings. The van der Waals surface area contributed by atoms with E-state index in [0.717, 1.165) is 22.2 Å². The summed E-state index contributed by atoms with van der Waals surface area (Å²) >= 11 is 6.31. The molecule has 1 aliphatic heterocycles. The molecule has 0 saturated heterocycles. The number of pyridine rings is 2. The second kappa shape index (κ2) is 8.05. The summed E-state index contributed by atoms with van der Waals surface area (Å²) in [6, 6.07) is 20.2. The van der Waals surface area contributed by atoms with Crippen molar-refractivity contribution in [3.05, 3.63) is 99.6 Å². The van der Waals surface area contributed by atoms with Gasteiger partial charge in [-0.2, -0.15) is 5.10 Å². The van der Waals surface area contributed by atoms with E-state index in [1.807, 2.05) is 54.6 Å². The number of nitrogens with zero attached hydrogens (tertiary/aromatic N) is 3. The maximum absolute atomic E-state index is 13.3. The monoisotopic (exact) mass is 442 g/mol. The molecular weight excluding hydrogens is 424 g/mol. The van der Waals surface area contributed by atoms with Gasteiger partial charge in [-0.3, -0.25) is 14.6 Å². The van der Waals surface area contributed by atoms with Crippen LogP contribution in [0.1, 0.15) is 30.6 Å². The third kappa shape index (κ3) is 3.48. The van der Waals surface area contributed by atoms with Crippen LogP contribution in [0.25, 0.3) is 22.0 Å². The number of hydrogen-bond donors (Lipinski definition) is 1. The predicted octanol–water partition coefficient (Wildman–Crippen LogP) is 4.94. The van der Waals surface area contributed by atoms with E-state index in [0.29, 0.717) is 28.2 Å². The van der Waals surface area contributed by atoms with Crippen LogP contribution in [-0.4, -0.2) is 26.6 Å². The second-order valence-corrected chi connectivity index (χ2v) is 8.08. The van der Waals surface area contributed by atoms with Crippen LogP contribution in [0.15, 0.2) is 82.8 Å². The number of benzene rings is 2. The molecule has 0 saturated carbocycles. The molecule has 0 bridgehead atoms. The van der Waals surface area contributed by atoms with E-state index in [1.165, 1.54) is 11.9 Å². The molecule has 0 spiro atoms. The number of fused-ring (bicyclic) bond motifs is 1. The lowest BCUT2D eigenvalue weighted by Gasteiger charge is -2.19. The van der Waals surface area contributed by atoms with E-state index in [4.69, 9.17) is 11.6 Å². The first-order valence-corrected chi connectivity index (χ1v) is 10.6. The molecular formula is C25H19ClN4O2. The van der Waals surface area contributed by atoms with Gasteiger partial charge in [0.05, 0.1) is 17.0 Å². The first-order chi connectivity index (χ1) is 15.5. The van der Waals surface area contributed by atoms with E-state index >= 15 is 0 Å². The minimum Gasteiger partial charge on any atom is -0.321 e. The van der Waals surface area contributed by atoms with Crippen LogP contribution in [0, 0.1) is 0 Å². The Hall–Kier alpha value is -3.77. The summed E-state index contributed by atoms with van der Waals surface area (Å²) in [7, 11) is 0. The molecule has 7 heteroatoms. The highest BCUT2D eigenvalue weighted by Gasteiger charge is 2.34. The maximum Gasteiger partial charge on any atom is 0.258 e. The number of H-pyrrole nitrogens is 1. The van der Waals surface area contributed by atoms with Crippen molar-refractivity contribution in [3.63, 3.8) is 0 Å². The van der Waals surface area contributed by atoms with E-state index < -0.39 is 0 Å². The number of aromatic nitrogens is 2. The third-order valence-electron chi connectivity index (χ3n) is 5.59. The summed E-state index contributed by atoms with van der Waals surface area (Å²) < 4.78 is 0. The minimum absolute atomic E-state index is 0.211. The van der Waals surface area contributed by atoms with E-state index in [-0.39, 0.29) is 17.5 Å². The van der Waals surface area contributed by atoms with Crippen molar-refractivity contribution in [2.45, 2.75) is 19.4 Å². The van der Waals surface area contributed by atoms with Gasteiger partial charge in [-0.25, -0.2) is 5.01 Å². The molecule has 5 rings (SSSR count). The topological polar surface area (TPSA) is 78.4 Å². The highest BCUT2D eigenvalue weighted by Crippen LogP contribution is 2.36. The Balaban J connectivity index is 1.76. The number of aromatic amines is 1. The molecule has 1 amide bonds. The zero-order valence-electron chi connectivity index (χ0n) is 17.2. The fourth-order valence-electron chi connectivity index (χ4n) is 4.20. The Kier molecular flexibility index (Phi) is 5.07. The Morgan fingerprint density at radius 2 is 1.84 bits per heavy atom. The van der Waals surface area contributed by atoms with Gasteiger partial charge in [0.25, 0.3) is 5.56 Å². The zero-order valence-corrected chi connectivity index (χ0v) is 18.0. The summed E-state index contributed by atoms with van der Waals surface area (Å²) in [6.07, 6.45) is 2.07. The van der Waals surface area contributed by atoms with Gasteiger partial charge in [-0.15, -0.1) is 0 Å². The number of amides is 1. The van der Waals surface area contributed by atoms with Crippen molar-refractivity contribution in [1.82, 2.24) is 15.0 Å². The average molecular weight is 443 g/mol. The van der Waals surface area contributed by atoms with Crippen molar-refractivity contribution in [2.75, 3.05) is 0 Å². The molecule has 3 heterocycles. The Morgan fingerprint density at radius 3 is 2.56 bits per heavy atom. The van der Waals surface area contributed by atoms with Crippen LogP contribution in [0.5, 0.6) is 0 Å². The average Bonchev–Trinajstić information content (AvgIpc) is 3.25. The van der Waals surface area contributed by atoms with Crippen LogP contribution < -0.4 is 5.56 Å². The Bertz CT molecular complexity index is 1410. The lowest BCUT2D eigenvalue weighted by Crippen LogP contribution is -2.24. The van der Waals surface area contributed by atoms with Crippen molar-refractivity contribution in [3.8, 4) is 11.1 Å². The SMILES string of the molecule is CC(=O)N1N=C(c2c(-c3ccccc3)c3cc(Cl)ccc3[nH]c2=O)C[C@@H]1c1ccccn1. The first-order valence-electron chi connectivity index (χ1n) is 10.2. The smallest absolute Gasteiger partial charge is 0.258 e. The normalized spacial score (nSPS) is 15.8. The van der Waals surface area contributed by atoms with Crippen LogP contribution in [0.4, 0.5) is 0 Å². The van der Waals surface area contributed by atoms with Gasteiger partial charge in [-0.1, -0.05) is 48.0 Å². The number of halogens is 1. The molecule has 0 unspecified atom stereocenters. The van der Waals surface area contributed by atoms with Crippen molar-refractivity contribution in [1.29, 1.82) is 0 Å². The molecule has 2 aromatic carbocycles. The minimum atomic E-state index is -0.373. The van der Waals surface area contributed by atoms with Crippen LogP contribution in [-0.2, 0) is 4.79 Å². The quantitative estimate of drug-likeness (QED) is 0.488. The molecule has 0 aliphatic carbocycles. The van der Waals surface area contributed by atoms with Gasteiger partial charge in [0.1, 0.15) is 6.04 Å². The van der Waals surface area contributed by atoms with Crippen molar-refractivity contribution < 1.29 is 4.79 Å². The Labute approximate surface area is 189 Å². The molecule has 32 heavy (non-hydrogen) atoms. The summed E-state index contributed by atoms with van der Waals surface area (Å²) in [5.74, 6) is -0.211. The number of hydrazone groups is 1. The second-order valence-electron chi connectivity index (χ2n) is 7.64. The maximum atomic E-state index is 13.3. The van der Waals surface area contributed by atoms with Crippen molar-refractivity contribution in [2.24, 2.45) is 5.10 Å². The molecule has 0 fully saturated rings. The number of carbonyl (C=O) groups excluding carboxylic acids is 1. The molecule has 1 atom stereocenters. The fourth-order valence-corrected chi connectivity index (χ4v) is 4.37. The van der Waals surface area contributed by atoms with Crippen LogP contribution in [0.2, 0.25) is 5.02 Å². The number of nitrogens with one attached hydrogen (secondary N) is 1. The number of rotatable bonds is 3. The standard InChI is InChI=1S/C25H19ClN4O2/c1-15(31)30-22(20-9-5-6-12-27-20)14-21(29-30)24-23(16-7-3-2-4-8-16)18-13-17(26)10-11-19(18)28-25(24)32/h2-13,22H,14H2,1H3,(H,28,32)/t22-/m1/s1. The molecule has 6 nitrogen and oxygen atoms in total. The molecule has 0 radical (unpaired) electrons. The van der Waals surface area contributed by atoms with E-state index in [2.05, 4.69) is 15.1 Å². The fraction of sp³-hybridized carbons (Fsp3) is 0.120. The van der Waals surface area contributed by atoms with Gasteiger partial charge in [0, 0.05) is 41.0 Å². The van der Waals surface area contributed by atoms with Gasteiger partial charge >= 0.3 is 0 Å². The largest absolute Gasteiger partial charge is 0.321 e. The highest BCUT2D eigenvalue weighted by atomic mass is 35.5. The van der Waals surface area contributed by atoms with E-state index in [1.54, 1.807) is 18.3 Å². The summed E-state index contributed by atoms with van der Waals surface area (Å²) in [5, 5.41) is 7.39. The third-order valence-corrected chi connectivity index (χ3v) is 5.82. The Morgan fingerprint density at radius 1 is 1.06 bits per heavy atom. The molecule has 4 aromatic rings. The lowest BCUT2D eigenvalue weighted by atomic mass is 9.91. The summed E-state index contributed by atoms with van der Waals surface area (Å²) in [6.45, 7) is 1.46. The van der Waals surface area contributed by atoms with Gasteiger partial charge < -0.3 is 4.98 Å². The number of carbonyl (C=O) groups is 1. The lowest BCUT2D eigenvalue weighted by molar-refractivity contribution is -0.130. The zero-order chi connectivity index (χ0) is 22.2. The number of hydrogen-bond acceptors (Lipinski definition) is 4. The molecule has 158 valence electrons.